The summed E-state index contributed by atoms with van der Waals surface area (Å²) in [6.45, 7) is 14.7. The van der Waals surface area contributed by atoms with Gasteiger partial charge in [0.05, 0.1) is 44.4 Å². The summed E-state index contributed by atoms with van der Waals surface area (Å²) in [6.07, 6.45) is 15.6. The summed E-state index contributed by atoms with van der Waals surface area (Å²) in [5, 5.41) is 18.8. The number of thiophene rings is 4. The van der Waals surface area contributed by atoms with Crippen LogP contribution in [0.5, 0.6) is 0 Å². The number of rotatable bonds is 2. The van der Waals surface area contributed by atoms with Crippen LogP contribution in [0.25, 0.3) is 50.8 Å². The van der Waals surface area contributed by atoms with E-state index in [0.717, 1.165) is 35.4 Å². The summed E-state index contributed by atoms with van der Waals surface area (Å²) in [5.41, 5.74) is 6.33. The van der Waals surface area contributed by atoms with Gasteiger partial charge in [0.25, 0.3) is 11.4 Å². The van der Waals surface area contributed by atoms with Crippen molar-refractivity contribution in [2.24, 2.45) is 0 Å². The molecule has 0 N–H and O–H groups in total. The van der Waals surface area contributed by atoms with E-state index < -0.39 is 0 Å². The van der Waals surface area contributed by atoms with Gasteiger partial charge in [-0.15, -0.1) is 45.3 Å². The zero-order valence-electron chi connectivity index (χ0n) is 22.8. The number of nitriles is 2. The van der Waals surface area contributed by atoms with E-state index in [4.69, 9.17) is 13.1 Å². The monoisotopic (exact) mass is 616 g/mol. The molecule has 4 aromatic heterocycles. The third-order valence-corrected chi connectivity index (χ3v) is 14.9. The topological polar surface area (TPSA) is 56.3 Å². The first-order valence-corrected chi connectivity index (χ1v) is 17.7. The number of nitrogens with zero attached hydrogens (tertiary/aromatic N) is 4. The second-order valence-electron chi connectivity index (χ2n) is 11.8. The van der Waals surface area contributed by atoms with Crippen LogP contribution in [0.2, 0.25) is 0 Å². The maximum Gasteiger partial charge on any atom is 0.263 e. The third-order valence-electron chi connectivity index (χ3n) is 9.87. The Morgan fingerprint density at radius 3 is 1.40 bits per heavy atom. The minimum Gasteiger partial charge on any atom is -0.227 e. The highest BCUT2D eigenvalue weighted by Gasteiger charge is 2.52. The van der Waals surface area contributed by atoms with E-state index >= 15 is 0 Å². The van der Waals surface area contributed by atoms with Crippen LogP contribution in [0.1, 0.15) is 96.2 Å². The lowest BCUT2D eigenvalue weighted by Crippen LogP contribution is -2.28. The number of hydrogen-bond donors (Lipinski definition) is 0. The molecule has 8 rings (SSSR count). The van der Waals surface area contributed by atoms with Gasteiger partial charge in [0.15, 0.2) is 0 Å². The zero-order chi connectivity index (χ0) is 28.6. The fourth-order valence-electron chi connectivity index (χ4n) is 8.20. The van der Waals surface area contributed by atoms with Crippen molar-refractivity contribution in [3.63, 3.8) is 0 Å². The van der Waals surface area contributed by atoms with Gasteiger partial charge in [0.2, 0.25) is 0 Å². The molecule has 0 atom stereocenters. The molecule has 0 unspecified atom stereocenters. The third kappa shape index (κ3) is 3.39. The molecule has 4 nitrogen and oxygen atoms in total. The lowest BCUT2D eigenvalue weighted by atomic mass is 9.67. The molecule has 0 aromatic carbocycles. The summed E-state index contributed by atoms with van der Waals surface area (Å²) in [4.78, 5) is 14.5. The summed E-state index contributed by atoms with van der Waals surface area (Å²) >= 11 is 7.52. The second kappa shape index (κ2) is 9.50. The first kappa shape index (κ1) is 26.2. The van der Waals surface area contributed by atoms with Crippen molar-refractivity contribution in [1.82, 2.24) is 0 Å². The quantitative estimate of drug-likeness (QED) is 0.166. The lowest BCUT2D eigenvalue weighted by Gasteiger charge is -2.35. The van der Waals surface area contributed by atoms with E-state index in [0.29, 0.717) is 0 Å². The van der Waals surface area contributed by atoms with Crippen molar-refractivity contribution in [2.45, 2.75) is 75.0 Å². The van der Waals surface area contributed by atoms with Gasteiger partial charge in [-0.1, -0.05) is 38.5 Å². The van der Waals surface area contributed by atoms with Crippen molar-refractivity contribution >= 4 is 66.9 Å². The average molecular weight is 617 g/mol. The molecule has 0 amide bonds. The van der Waals surface area contributed by atoms with Crippen molar-refractivity contribution in [2.75, 3.05) is 0 Å². The molecule has 204 valence electrons. The molecule has 4 heterocycles. The SMILES string of the molecule is [C-]#[N+]/C(C#N)=C\c1cc2c(s1)-c1sc3c4c(sc3c1C21CCCCC1)-c1sc(/C=C(\C#N)[N+]#[C-])cc1C41CCCCC1. The first-order chi connectivity index (χ1) is 20.6. The molecular formula is C34H24N4S4. The molecule has 2 fully saturated rings. The lowest BCUT2D eigenvalue weighted by molar-refractivity contribution is 0.354. The number of allylic oxidation sites excluding steroid dienone is 2. The molecule has 0 radical (unpaired) electrons. The summed E-state index contributed by atoms with van der Waals surface area (Å²) in [7, 11) is 0. The van der Waals surface area contributed by atoms with Crippen LogP contribution in [-0.2, 0) is 10.8 Å². The Hall–Kier alpha value is -3.50. The first-order valence-electron chi connectivity index (χ1n) is 14.4. The Kier molecular flexibility index (Phi) is 5.92. The van der Waals surface area contributed by atoms with Crippen LogP contribution >= 0.6 is 45.3 Å². The smallest absolute Gasteiger partial charge is 0.227 e. The molecule has 0 bridgehead atoms. The van der Waals surface area contributed by atoms with Crippen LogP contribution < -0.4 is 0 Å². The average Bonchev–Trinajstić information content (AvgIpc) is 3.84. The Balaban J connectivity index is 1.37. The van der Waals surface area contributed by atoms with Gasteiger partial charge >= 0.3 is 0 Å². The second-order valence-corrected chi connectivity index (χ2v) is 16.1. The Bertz CT molecular complexity index is 1870. The van der Waals surface area contributed by atoms with Gasteiger partial charge in [-0.3, -0.25) is 0 Å². The molecule has 2 spiro atoms. The maximum absolute atomic E-state index is 9.40. The molecule has 0 saturated heterocycles. The molecule has 4 aliphatic rings. The van der Waals surface area contributed by atoms with Crippen molar-refractivity contribution in [3.8, 4) is 31.6 Å². The van der Waals surface area contributed by atoms with E-state index in [1.54, 1.807) is 46.0 Å². The molecule has 0 aliphatic heterocycles. The Morgan fingerprint density at radius 1 is 0.643 bits per heavy atom. The largest absolute Gasteiger partial charge is 0.263 e. The van der Waals surface area contributed by atoms with Gasteiger partial charge in [0.1, 0.15) is 0 Å². The van der Waals surface area contributed by atoms with Gasteiger partial charge in [-0.05, 0) is 61.1 Å². The molecule has 4 aromatic rings. The van der Waals surface area contributed by atoms with E-state index in [1.165, 1.54) is 78.6 Å². The number of hydrogen-bond acceptors (Lipinski definition) is 6. The fraction of sp³-hybridized carbons (Fsp3) is 0.353. The highest BCUT2D eigenvalue weighted by Crippen LogP contribution is 2.69. The van der Waals surface area contributed by atoms with Crippen molar-refractivity contribution in [1.29, 1.82) is 10.5 Å². The van der Waals surface area contributed by atoms with Gasteiger partial charge in [-0.2, -0.15) is 0 Å². The molecule has 42 heavy (non-hydrogen) atoms. The Labute approximate surface area is 261 Å². The fourth-order valence-corrected chi connectivity index (χ4v) is 14.2. The van der Waals surface area contributed by atoms with Gasteiger partial charge < -0.3 is 0 Å². The zero-order valence-corrected chi connectivity index (χ0v) is 26.1. The van der Waals surface area contributed by atoms with Crippen LogP contribution in [-0.4, -0.2) is 0 Å². The molecule has 4 aliphatic carbocycles. The summed E-state index contributed by atoms with van der Waals surface area (Å²) in [6, 6.07) is 8.67. The number of fused-ring (bicyclic) bond motifs is 13. The van der Waals surface area contributed by atoms with E-state index in [1.807, 2.05) is 34.8 Å². The van der Waals surface area contributed by atoms with Gasteiger partial charge in [0, 0.05) is 41.5 Å². The van der Waals surface area contributed by atoms with Crippen LogP contribution in [0, 0.1) is 35.8 Å². The summed E-state index contributed by atoms with van der Waals surface area (Å²) < 4.78 is 2.97. The maximum atomic E-state index is 9.40. The van der Waals surface area contributed by atoms with Crippen LogP contribution in [0.4, 0.5) is 0 Å². The van der Waals surface area contributed by atoms with E-state index in [-0.39, 0.29) is 22.2 Å². The molecular weight excluding hydrogens is 593 g/mol. The predicted octanol–water partition coefficient (Wildman–Crippen LogP) is 11.1. The van der Waals surface area contributed by atoms with Crippen LogP contribution in [0.15, 0.2) is 23.5 Å². The van der Waals surface area contributed by atoms with Crippen molar-refractivity contribution < 1.29 is 0 Å². The van der Waals surface area contributed by atoms with E-state index in [9.17, 15) is 10.5 Å². The molecule has 8 heteroatoms. The standard InChI is InChI=1S/C34H24N4S4/c1-37-19(17-35)13-21-15-23-27(39-21)29-25(33(23)9-5-3-6-10-33)31-32(41-29)26-30(42-31)28-24(34(26)11-7-4-8-12-34)16-22(40-28)14-20(18-36)38-2/h13-16H,3-12H2/b19-13-,20-14+. The minimum atomic E-state index is 0.0243. The van der Waals surface area contributed by atoms with Gasteiger partial charge in [-0.25, -0.2) is 20.2 Å². The Morgan fingerprint density at radius 2 is 1.05 bits per heavy atom. The van der Waals surface area contributed by atoms with Crippen molar-refractivity contribution in [3.05, 3.63) is 78.4 Å². The normalized spacial score (nSPS) is 19.5. The highest BCUT2D eigenvalue weighted by atomic mass is 32.1. The minimum absolute atomic E-state index is 0.0243. The predicted molar refractivity (Wildman–Crippen MR) is 174 cm³/mol. The van der Waals surface area contributed by atoms with Crippen LogP contribution in [0.3, 0.4) is 0 Å². The molecule has 2 saturated carbocycles. The van der Waals surface area contributed by atoms with E-state index in [2.05, 4.69) is 21.8 Å². The summed E-state index contributed by atoms with van der Waals surface area (Å²) in [5.74, 6) is 0. The highest BCUT2D eigenvalue weighted by molar-refractivity contribution is 7.34.